The molecule has 0 bridgehead atoms. The molecule has 0 spiro atoms. The minimum absolute atomic E-state index is 0.0996. The maximum atomic E-state index is 12.6. The van der Waals surface area contributed by atoms with Crippen LogP contribution in [0.5, 0.6) is 0 Å². The molecule has 1 aliphatic rings. The van der Waals surface area contributed by atoms with E-state index >= 15 is 0 Å². The first-order valence-corrected chi connectivity index (χ1v) is 11.5. The molecule has 0 aliphatic carbocycles. The van der Waals surface area contributed by atoms with E-state index in [-0.39, 0.29) is 11.6 Å². The summed E-state index contributed by atoms with van der Waals surface area (Å²) in [5.74, 6) is 0.199. The largest absolute Gasteiger partial charge is 0.351 e. The fourth-order valence-corrected chi connectivity index (χ4v) is 3.75. The number of carbonyl (C=O) groups is 2. The van der Waals surface area contributed by atoms with Crippen molar-refractivity contribution in [2.45, 2.75) is 52.4 Å². The Balaban J connectivity index is 1.46. The van der Waals surface area contributed by atoms with Crippen molar-refractivity contribution in [3.05, 3.63) is 83.2 Å². The van der Waals surface area contributed by atoms with Gasteiger partial charge in [-0.2, -0.15) is 0 Å². The molecule has 4 heteroatoms. The van der Waals surface area contributed by atoms with Crippen molar-refractivity contribution in [3.8, 4) is 0 Å². The number of rotatable bonds is 12. The molecule has 0 saturated heterocycles. The van der Waals surface area contributed by atoms with E-state index in [4.69, 9.17) is 0 Å². The van der Waals surface area contributed by atoms with Gasteiger partial charge in [0.05, 0.1) is 19.8 Å². The highest BCUT2D eigenvalue weighted by Gasteiger charge is 2.19. The zero-order valence-electron chi connectivity index (χ0n) is 18.8. The first kappa shape index (κ1) is 22.8. The lowest BCUT2D eigenvalue weighted by atomic mass is 10.0. The summed E-state index contributed by atoms with van der Waals surface area (Å²) >= 11 is 0. The van der Waals surface area contributed by atoms with Crippen molar-refractivity contribution in [2.75, 3.05) is 19.8 Å². The summed E-state index contributed by atoms with van der Waals surface area (Å²) in [4.78, 5) is 29.2. The van der Waals surface area contributed by atoms with Gasteiger partial charge in [0.25, 0.3) is 0 Å². The molecule has 0 saturated carbocycles. The quantitative estimate of drug-likeness (QED) is 0.428. The van der Waals surface area contributed by atoms with Crippen LogP contribution in [-0.2, 0) is 12.8 Å². The van der Waals surface area contributed by atoms with Crippen molar-refractivity contribution >= 4 is 11.6 Å². The van der Waals surface area contributed by atoms with Crippen molar-refractivity contribution in [1.29, 1.82) is 0 Å². The Morgan fingerprint density at radius 2 is 1.06 bits per heavy atom. The monoisotopic (exact) mass is 418 g/mol. The van der Waals surface area contributed by atoms with E-state index in [9.17, 15) is 9.59 Å². The fourth-order valence-electron chi connectivity index (χ4n) is 3.75. The Kier molecular flexibility index (Phi) is 8.45. The van der Waals surface area contributed by atoms with Gasteiger partial charge in [0.15, 0.2) is 11.6 Å². The zero-order chi connectivity index (χ0) is 22.1. The van der Waals surface area contributed by atoms with Gasteiger partial charge in [-0.25, -0.2) is 0 Å². The van der Waals surface area contributed by atoms with Gasteiger partial charge in [0.2, 0.25) is 0 Å². The van der Waals surface area contributed by atoms with Gasteiger partial charge in [-0.3, -0.25) is 9.59 Å². The SMILES string of the molecule is CCCCc1ccc(C(=O)CN2C=CN(CC(=O)c3ccc(CCCC)cc3)C2)cc1. The number of unbranched alkanes of at least 4 members (excludes halogenated alkanes) is 2. The number of nitrogens with zero attached hydrogens (tertiary/aromatic N) is 2. The van der Waals surface area contributed by atoms with Crippen molar-refractivity contribution in [1.82, 2.24) is 9.80 Å². The summed E-state index contributed by atoms with van der Waals surface area (Å²) in [6.45, 7) is 5.56. The first-order valence-electron chi connectivity index (χ1n) is 11.5. The highest BCUT2D eigenvalue weighted by Crippen LogP contribution is 2.14. The maximum absolute atomic E-state index is 12.6. The summed E-state index contributed by atoms with van der Waals surface area (Å²) in [6.07, 6.45) is 10.6. The van der Waals surface area contributed by atoms with Crippen molar-refractivity contribution in [3.63, 3.8) is 0 Å². The predicted octanol–water partition coefficient (Wildman–Crippen LogP) is 5.48. The fraction of sp³-hybridized carbons (Fsp3) is 0.407. The van der Waals surface area contributed by atoms with Crippen LogP contribution in [0.15, 0.2) is 60.9 Å². The van der Waals surface area contributed by atoms with Crippen LogP contribution in [0.1, 0.15) is 71.4 Å². The van der Waals surface area contributed by atoms with Crippen LogP contribution in [0.4, 0.5) is 0 Å². The van der Waals surface area contributed by atoms with Gasteiger partial charge in [-0.1, -0.05) is 75.2 Å². The van der Waals surface area contributed by atoms with Crippen LogP contribution >= 0.6 is 0 Å². The van der Waals surface area contributed by atoms with E-state index in [1.54, 1.807) is 0 Å². The Morgan fingerprint density at radius 1 is 0.677 bits per heavy atom. The maximum Gasteiger partial charge on any atom is 0.182 e. The number of Topliss-reactive ketones (excluding diaryl/α,β-unsaturated/α-hetero) is 2. The molecule has 0 atom stereocenters. The molecule has 0 radical (unpaired) electrons. The second-order valence-electron chi connectivity index (χ2n) is 8.38. The summed E-state index contributed by atoms with van der Waals surface area (Å²) in [5, 5.41) is 0. The molecule has 4 nitrogen and oxygen atoms in total. The molecule has 31 heavy (non-hydrogen) atoms. The minimum atomic E-state index is 0.0996. The van der Waals surface area contributed by atoms with Gasteiger partial charge >= 0.3 is 0 Å². The third kappa shape index (κ3) is 6.81. The van der Waals surface area contributed by atoms with Crippen LogP contribution in [0, 0.1) is 0 Å². The highest BCUT2D eigenvalue weighted by atomic mass is 16.1. The Hall–Kier alpha value is -2.88. The van der Waals surface area contributed by atoms with Crippen molar-refractivity contribution in [2.24, 2.45) is 0 Å². The number of benzene rings is 2. The summed E-state index contributed by atoms with van der Waals surface area (Å²) < 4.78 is 0. The lowest BCUT2D eigenvalue weighted by Crippen LogP contribution is -2.32. The van der Waals surface area contributed by atoms with Crippen LogP contribution < -0.4 is 0 Å². The highest BCUT2D eigenvalue weighted by molar-refractivity contribution is 5.98. The molecule has 0 aromatic heterocycles. The van der Waals surface area contributed by atoms with Crippen molar-refractivity contribution < 1.29 is 9.59 Å². The van der Waals surface area contributed by atoms with Gasteiger partial charge in [-0.05, 0) is 36.8 Å². The topological polar surface area (TPSA) is 40.6 Å². The van der Waals surface area contributed by atoms with Gasteiger partial charge in [0, 0.05) is 23.5 Å². The standard InChI is InChI=1S/C27H34N2O2/c1-3-5-7-22-9-13-24(14-10-22)26(30)19-28-17-18-29(21-28)20-27(31)25-15-11-23(12-16-25)8-6-4-2/h9-18H,3-8,19-21H2,1-2H3. The predicted molar refractivity (Wildman–Crippen MR) is 126 cm³/mol. The molecule has 1 aliphatic heterocycles. The van der Waals surface area contributed by atoms with Crippen LogP contribution in [0.3, 0.4) is 0 Å². The normalized spacial score (nSPS) is 13.1. The molecular formula is C27H34N2O2. The number of hydrogen-bond acceptors (Lipinski definition) is 4. The average molecular weight is 419 g/mol. The molecule has 164 valence electrons. The summed E-state index contributed by atoms with van der Waals surface area (Å²) in [6, 6.07) is 15.9. The number of ketones is 2. The number of hydrogen-bond donors (Lipinski definition) is 0. The van der Waals surface area contributed by atoms with Gasteiger partial charge in [-0.15, -0.1) is 0 Å². The second kappa shape index (κ2) is 11.5. The van der Waals surface area contributed by atoms with Gasteiger partial charge < -0.3 is 9.80 Å². The smallest absolute Gasteiger partial charge is 0.182 e. The Labute approximate surface area is 186 Å². The lowest BCUT2D eigenvalue weighted by Gasteiger charge is -2.20. The molecule has 0 amide bonds. The number of carbonyl (C=O) groups excluding carboxylic acids is 2. The van der Waals surface area contributed by atoms with Crippen LogP contribution in [0.25, 0.3) is 0 Å². The van der Waals surface area contributed by atoms with Crippen LogP contribution in [0.2, 0.25) is 0 Å². The van der Waals surface area contributed by atoms with E-state index in [1.165, 1.54) is 36.8 Å². The summed E-state index contributed by atoms with van der Waals surface area (Å²) in [5.41, 5.74) is 4.04. The average Bonchev–Trinajstić information content (AvgIpc) is 3.23. The second-order valence-corrected chi connectivity index (χ2v) is 8.38. The third-order valence-corrected chi connectivity index (χ3v) is 5.73. The molecular weight excluding hydrogens is 384 g/mol. The minimum Gasteiger partial charge on any atom is -0.351 e. The van der Waals surface area contributed by atoms with E-state index < -0.39 is 0 Å². The van der Waals surface area contributed by atoms with E-state index in [0.717, 1.165) is 24.0 Å². The number of aryl methyl sites for hydroxylation is 2. The summed E-state index contributed by atoms with van der Waals surface area (Å²) in [7, 11) is 0. The Bertz CT molecular complexity index is 811. The zero-order valence-corrected chi connectivity index (χ0v) is 18.8. The lowest BCUT2D eigenvalue weighted by molar-refractivity contribution is 0.0921. The molecule has 3 rings (SSSR count). The van der Waals surface area contributed by atoms with E-state index in [1.807, 2.05) is 46.5 Å². The Morgan fingerprint density at radius 3 is 1.42 bits per heavy atom. The van der Waals surface area contributed by atoms with E-state index in [0.29, 0.717) is 19.8 Å². The first-order chi connectivity index (χ1) is 15.1. The van der Waals surface area contributed by atoms with Crippen LogP contribution in [-0.4, -0.2) is 41.1 Å². The molecule has 0 fully saturated rings. The molecule has 1 heterocycles. The molecule has 2 aromatic rings. The molecule has 2 aromatic carbocycles. The molecule has 0 N–H and O–H groups in total. The van der Waals surface area contributed by atoms with Gasteiger partial charge in [0.1, 0.15) is 0 Å². The third-order valence-electron chi connectivity index (χ3n) is 5.73. The molecule has 0 unspecified atom stereocenters. The van der Waals surface area contributed by atoms with E-state index in [2.05, 4.69) is 38.1 Å².